The summed E-state index contributed by atoms with van der Waals surface area (Å²) in [4.78, 5) is 29.3. The average Bonchev–Trinajstić information content (AvgIpc) is 3.57. The normalized spacial score (nSPS) is 14.5. The molecular formula is C23H29N5O5S. The lowest BCUT2D eigenvalue weighted by molar-refractivity contribution is -0.121. The van der Waals surface area contributed by atoms with Crippen molar-refractivity contribution in [2.75, 3.05) is 13.1 Å². The molecule has 3 aromatic rings. The molecular weight excluding hydrogens is 458 g/mol. The van der Waals surface area contributed by atoms with E-state index in [-0.39, 0.29) is 17.2 Å². The SMILES string of the molecule is CCCn1c(CCC(=O)NNC(=O)c2ccoc2C)nc2cc(S(=O)(=O)N3CCCC3)ccc21. The van der Waals surface area contributed by atoms with Crippen LogP contribution in [0.25, 0.3) is 11.0 Å². The average molecular weight is 488 g/mol. The molecule has 1 fully saturated rings. The van der Waals surface area contributed by atoms with Gasteiger partial charge in [0.1, 0.15) is 11.6 Å². The van der Waals surface area contributed by atoms with Crippen molar-refractivity contribution in [1.82, 2.24) is 24.7 Å². The zero-order valence-electron chi connectivity index (χ0n) is 19.3. The van der Waals surface area contributed by atoms with Crippen LogP contribution >= 0.6 is 0 Å². The molecule has 1 saturated heterocycles. The fourth-order valence-corrected chi connectivity index (χ4v) is 5.70. The van der Waals surface area contributed by atoms with Gasteiger partial charge in [-0.1, -0.05) is 6.92 Å². The monoisotopic (exact) mass is 487 g/mol. The zero-order valence-corrected chi connectivity index (χ0v) is 20.2. The fraction of sp³-hybridized carbons (Fsp3) is 0.435. The number of aryl methyl sites for hydroxylation is 3. The van der Waals surface area contributed by atoms with Crippen molar-refractivity contribution < 1.29 is 22.4 Å². The molecule has 0 aliphatic carbocycles. The van der Waals surface area contributed by atoms with Gasteiger partial charge in [-0.05, 0) is 50.5 Å². The Hall–Kier alpha value is -3.18. The van der Waals surface area contributed by atoms with Gasteiger partial charge in [0.15, 0.2) is 0 Å². The van der Waals surface area contributed by atoms with Crippen LogP contribution in [0.2, 0.25) is 0 Å². The van der Waals surface area contributed by atoms with E-state index in [0.717, 1.165) is 24.8 Å². The number of sulfonamides is 1. The second kappa shape index (κ2) is 9.98. The summed E-state index contributed by atoms with van der Waals surface area (Å²) in [6.07, 6.45) is 4.47. The molecule has 0 bridgehead atoms. The first-order chi connectivity index (χ1) is 16.3. The Bertz CT molecular complexity index is 1300. The van der Waals surface area contributed by atoms with E-state index < -0.39 is 15.9 Å². The number of nitrogens with zero attached hydrogens (tertiary/aromatic N) is 3. The topological polar surface area (TPSA) is 127 Å². The molecule has 2 amide bonds. The summed E-state index contributed by atoms with van der Waals surface area (Å²) in [5.74, 6) is 0.345. The maximum Gasteiger partial charge on any atom is 0.273 e. The highest BCUT2D eigenvalue weighted by Crippen LogP contribution is 2.25. The van der Waals surface area contributed by atoms with Crippen molar-refractivity contribution in [3.8, 4) is 0 Å². The summed E-state index contributed by atoms with van der Waals surface area (Å²) in [6, 6.07) is 6.57. The van der Waals surface area contributed by atoms with E-state index in [1.165, 1.54) is 16.6 Å². The third-order valence-corrected chi connectivity index (χ3v) is 7.84. The van der Waals surface area contributed by atoms with Crippen LogP contribution in [0.1, 0.15) is 54.5 Å². The molecule has 1 aliphatic rings. The number of amides is 2. The van der Waals surface area contributed by atoms with Crippen molar-refractivity contribution >= 4 is 32.9 Å². The van der Waals surface area contributed by atoms with Crippen LogP contribution in [-0.2, 0) is 27.8 Å². The summed E-state index contributed by atoms with van der Waals surface area (Å²) in [5.41, 5.74) is 6.57. The molecule has 1 aromatic carbocycles. The predicted molar refractivity (Wildman–Crippen MR) is 125 cm³/mol. The maximum atomic E-state index is 12.9. The number of rotatable bonds is 8. The van der Waals surface area contributed by atoms with E-state index in [1.54, 1.807) is 25.1 Å². The Morgan fingerprint density at radius 3 is 2.59 bits per heavy atom. The molecule has 2 aromatic heterocycles. The van der Waals surface area contributed by atoms with Gasteiger partial charge in [0, 0.05) is 32.5 Å². The van der Waals surface area contributed by atoms with E-state index in [0.29, 0.717) is 48.7 Å². The first-order valence-electron chi connectivity index (χ1n) is 11.4. The standard InChI is InChI=1S/C23H29N5O5S/c1-3-11-28-20-7-6-17(34(31,32)27-12-4-5-13-27)15-19(20)24-21(28)8-9-22(29)25-26-23(30)18-10-14-33-16(18)2/h6-7,10,14-15H,3-5,8-9,11-13H2,1-2H3,(H,25,29)(H,26,30). The largest absolute Gasteiger partial charge is 0.469 e. The van der Waals surface area contributed by atoms with E-state index in [4.69, 9.17) is 4.42 Å². The minimum absolute atomic E-state index is 0.108. The number of aromatic nitrogens is 2. The van der Waals surface area contributed by atoms with E-state index in [9.17, 15) is 18.0 Å². The summed E-state index contributed by atoms with van der Waals surface area (Å²) in [5, 5.41) is 0. The van der Waals surface area contributed by atoms with Crippen molar-refractivity contribution in [2.24, 2.45) is 0 Å². The van der Waals surface area contributed by atoms with Gasteiger partial charge in [0.2, 0.25) is 15.9 Å². The van der Waals surface area contributed by atoms with Crippen molar-refractivity contribution in [3.63, 3.8) is 0 Å². The molecule has 3 heterocycles. The summed E-state index contributed by atoms with van der Waals surface area (Å²) >= 11 is 0. The molecule has 1 aliphatic heterocycles. The quantitative estimate of drug-likeness (QED) is 0.470. The number of hydrazine groups is 1. The number of nitrogens with one attached hydrogen (secondary N) is 2. The number of benzene rings is 1. The van der Waals surface area contributed by atoms with Gasteiger partial charge in [-0.25, -0.2) is 13.4 Å². The van der Waals surface area contributed by atoms with Gasteiger partial charge in [0.25, 0.3) is 5.91 Å². The number of furan rings is 1. The fourth-order valence-electron chi connectivity index (χ4n) is 4.16. The number of carbonyl (C=O) groups is 2. The molecule has 2 N–H and O–H groups in total. The Balaban J connectivity index is 1.47. The lowest BCUT2D eigenvalue weighted by atomic mass is 10.2. The van der Waals surface area contributed by atoms with Crippen LogP contribution in [0.3, 0.4) is 0 Å². The van der Waals surface area contributed by atoms with E-state index in [1.807, 2.05) is 11.5 Å². The van der Waals surface area contributed by atoms with Gasteiger partial charge in [-0.2, -0.15) is 4.31 Å². The van der Waals surface area contributed by atoms with Gasteiger partial charge < -0.3 is 8.98 Å². The maximum absolute atomic E-state index is 12.9. The molecule has 0 unspecified atom stereocenters. The van der Waals surface area contributed by atoms with Crippen LogP contribution in [0.4, 0.5) is 0 Å². The number of imidazole rings is 1. The van der Waals surface area contributed by atoms with Crippen LogP contribution in [-0.4, -0.2) is 47.2 Å². The molecule has 0 radical (unpaired) electrons. The minimum Gasteiger partial charge on any atom is -0.469 e. The lowest BCUT2D eigenvalue weighted by Crippen LogP contribution is -2.41. The summed E-state index contributed by atoms with van der Waals surface area (Å²) < 4.78 is 34.5. The van der Waals surface area contributed by atoms with Crippen LogP contribution in [0.15, 0.2) is 39.8 Å². The van der Waals surface area contributed by atoms with Gasteiger partial charge in [-0.15, -0.1) is 0 Å². The van der Waals surface area contributed by atoms with Gasteiger partial charge >= 0.3 is 0 Å². The number of hydrogen-bond donors (Lipinski definition) is 2. The predicted octanol–water partition coefficient (Wildman–Crippen LogP) is 2.53. The third kappa shape index (κ3) is 4.85. The molecule has 0 saturated carbocycles. The van der Waals surface area contributed by atoms with Crippen molar-refractivity contribution in [2.45, 2.75) is 57.4 Å². The van der Waals surface area contributed by atoms with Gasteiger partial charge in [0.05, 0.1) is 27.8 Å². The van der Waals surface area contributed by atoms with Crippen LogP contribution in [0, 0.1) is 6.92 Å². The Kier molecular flexibility index (Phi) is 7.03. The van der Waals surface area contributed by atoms with E-state index >= 15 is 0 Å². The highest BCUT2D eigenvalue weighted by Gasteiger charge is 2.28. The minimum atomic E-state index is -3.54. The number of carbonyl (C=O) groups excluding carboxylic acids is 2. The highest BCUT2D eigenvalue weighted by molar-refractivity contribution is 7.89. The van der Waals surface area contributed by atoms with Crippen molar-refractivity contribution in [1.29, 1.82) is 0 Å². The number of fused-ring (bicyclic) bond motifs is 1. The first-order valence-corrected chi connectivity index (χ1v) is 12.9. The summed E-state index contributed by atoms with van der Waals surface area (Å²) in [6.45, 7) is 5.49. The van der Waals surface area contributed by atoms with Crippen LogP contribution < -0.4 is 10.9 Å². The van der Waals surface area contributed by atoms with Crippen molar-refractivity contribution in [3.05, 3.63) is 47.7 Å². The Labute approximate surface area is 198 Å². The molecule has 34 heavy (non-hydrogen) atoms. The molecule has 11 heteroatoms. The zero-order chi connectivity index (χ0) is 24.3. The molecule has 182 valence electrons. The molecule has 0 spiro atoms. The third-order valence-electron chi connectivity index (χ3n) is 5.94. The Morgan fingerprint density at radius 1 is 1.15 bits per heavy atom. The summed E-state index contributed by atoms with van der Waals surface area (Å²) in [7, 11) is -3.54. The molecule has 0 atom stereocenters. The highest BCUT2D eigenvalue weighted by atomic mass is 32.2. The number of hydrogen-bond acceptors (Lipinski definition) is 6. The molecule has 10 nitrogen and oxygen atoms in total. The Morgan fingerprint density at radius 2 is 1.91 bits per heavy atom. The van der Waals surface area contributed by atoms with Crippen LogP contribution in [0.5, 0.6) is 0 Å². The molecule has 4 rings (SSSR count). The van der Waals surface area contributed by atoms with Gasteiger partial charge in [-0.3, -0.25) is 20.4 Å². The smallest absolute Gasteiger partial charge is 0.273 e. The second-order valence-electron chi connectivity index (χ2n) is 8.33. The second-order valence-corrected chi connectivity index (χ2v) is 10.3. The van der Waals surface area contributed by atoms with E-state index in [2.05, 4.69) is 15.8 Å². The lowest BCUT2D eigenvalue weighted by Gasteiger charge is -2.15. The first kappa shape index (κ1) is 24.0.